The highest BCUT2D eigenvalue weighted by atomic mass is 32.2. The molecule has 29 heavy (non-hydrogen) atoms. The minimum atomic E-state index is -3.85. The molecule has 1 aliphatic rings. The Bertz CT molecular complexity index is 1270. The van der Waals surface area contributed by atoms with E-state index in [9.17, 15) is 23.3 Å². The van der Waals surface area contributed by atoms with E-state index in [0.29, 0.717) is 23.1 Å². The second-order valence-corrected chi connectivity index (χ2v) is 8.48. The number of hydrogen-bond acceptors (Lipinski definition) is 5. The maximum atomic E-state index is 12.9. The van der Waals surface area contributed by atoms with Crippen molar-refractivity contribution in [1.82, 2.24) is 0 Å². The minimum absolute atomic E-state index is 0.0868. The third-order valence-electron chi connectivity index (χ3n) is 4.92. The molecule has 0 saturated carbocycles. The molecular weight excluding hydrogens is 394 g/mol. The lowest BCUT2D eigenvalue weighted by atomic mass is 10.1. The molecule has 1 aliphatic heterocycles. The first-order valence-electron chi connectivity index (χ1n) is 8.94. The molecule has 1 heterocycles. The van der Waals surface area contributed by atoms with Crippen LogP contribution in [0.3, 0.4) is 0 Å². The second kappa shape index (κ2) is 6.85. The van der Waals surface area contributed by atoms with Gasteiger partial charge in [-0.3, -0.25) is 19.2 Å². The van der Waals surface area contributed by atoms with Crippen molar-refractivity contribution in [1.29, 1.82) is 0 Å². The van der Waals surface area contributed by atoms with Gasteiger partial charge in [0.25, 0.3) is 15.7 Å². The predicted octanol–water partition coefficient (Wildman–Crippen LogP) is 3.46. The number of sulfonamides is 1. The van der Waals surface area contributed by atoms with E-state index in [2.05, 4.69) is 5.32 Å². The van der Waals surface area contributed by atoms with Crippen molar-refractivity contribution in [2.45, 2.75) is 18.2 Å². The fourth-order valence-corrected chi connectivity index (χ4v) is 5.24. The van der Waals surface area contributed by atoms with Crippen molar-refractivity contribution in [3.63, 3.8) is 0 Å². The average molecular weight is 411 g/mol. The summed E-state index contributed by atoms with van der Waals surface area (Å²) in [4.78, 5) is 23.5. The zero-order valence-electron chi connectivity index (χ0n) is 15.5. The fraction of sp³-hybridized carbons (Fsp3) is 0.150. The summed E-state index contributed by atoms with van der Waals surface area (Å²) in [6.07, 6.45) is 0.485. The van der Waals surface area contributed by atoms with Crippen molar-refractivity contribution in [2.24, 2.45) is 0 Å². The summed E-state index contributed by atoms with van der Waals surface area (Å²) in [5.74, 6) is -0.586. The van der Waals surface area contributed by atoms with Gasteiger partial charge in [-0.05, 0) is 30.0 Å². The van der Waals surface area contributed by atoms with Crippen LogP contribution in [0.1, 0.15) is 12.5 Å². The van der Waals surface area contributed by atoms with Crippen molar-refractivity contribution in [3.8, 4) is 0 Å². The average Bonchev–Trinajstić information content (AvgIpc) is 2.91. The van der Waals surface area contributed by atoms with Gasteiger partial charge in [0.15, 0.2) is 0 Å². The lowest BCUT2D eigenvalue weighted by molar-refractivity contribution is -0.385. The van der Waals surface area contributed by atoms with Gasteiger partial charge in [0, 0.05) is 22.7 Å². The third-order valence-corrected chi connectivity index (χ3v) is 6.72. The maximum absolute atomic E-state index is 12.9. The van der Waals surface area contributed by atoms with E-state index in [1.54, 1.807) is 37.3 Å². The van der Waals surface area contributed by atoms with Gasteiger partial charge >= 0.3 is 0 Å². The molecule has 0 bridgehead atoms. The molecule has 0 fully saturated rings. The molecule has 0 unspecified atom stereocenters. The van der Waals surface area contributed by atoms with Gasteiger partial charge in [-0.25, -0.2) is 8.42 Å². The standard InChI is InChI=1S/C20H17N3O5S/c1-2-13-9-10-15(11-17(13)23(25)26)21-19(24)12-22-16-7-3-5-14-6-4-8-18(20(14)16)29(22,27)28/h3-11H,2,12H2,1H3,(H,21,24). The van der Waals surface area contributed by atoms with E-state index in [-0.39, 0.29) is 16.3 Å². The van der Waals surface area contributed by atoms with Crippen molar-refractivity contribution >= 4 is 43.8 Å². The number of aryl methyl sites for hydroxylation is 1. The SMILES string of the molecule is CCc1ccc(NC(=O)CN2c3cccc4cccc(c34)S2(=O)=O)cc1[N+](=O)[O-]. The van der Waals surface area contributed by atoms with E-state index in [4.69, 9.17) is 0 Å². The number of benzene rings is 3. The summed E-state index contributed by atoms with van der Waals surface area (Å²) < 4.78 is 26.9. The zero-order valence-corrected chi connectivity index (χ0v) is 16.3. The normalized spacial score (nSPS) is 14.2. The highest BCUT2D eigenvalue weighted by Crippen LogP contribution is 2.41. The number of carbonyl (C=O) groups is 1. The number of nitrogens with zero attached hydrogens (tertiary/aromatic N) is 2. The molecule has 3 aromatic carbocycles. The molecule has 0 saturated heterocycles. The predicted molar refractivity (Wildman–Crippen MR) is 110 cm³/mol. The van der Waals surface area contributed by atoms with Gasteiger partial charge in [0.1, 0.15) is 6.54 Å². The van der Waals surface area contributed by atoms with E-state index in [1.165, 1.54) is 12.1 Å². The van der Waals surface area contributed by atoms with Crippen LogP contribution < -0.4 is 9.62 Å². The molecule has 148 valence electrons. The molecule has 1 N–H and O–H groups in total. The van der Waals surface area contributed by atoms with Crippen molar-refractivity contribution < 1.29 is 18.1 Å². The molecule has 8 nitrogen and oxygen atoms in total. The van der Waals surface area contributed by atoms with E-state index in [1.807, 2.05) is 12.1 Å². The molecular formula is C20H17N3O5S. The smallest absolute Gasteiger partial charge is 0.274 e. The van der Waals surface area contributed by atoms with Crippen LogP contribution in [-0.4, -0.2) is 25.8 Å². The Hall–Kier alpha value is -3.46. The Morgan fingerprint density at radius 2 is 1.86 bits per heavy atom. The van der Waals surface area contributed by atoms with Gasteiger partial charge in [-0.1, -0.05) is 37.3 Å². The van der Waals surface area contributed by atoms with Gasteiger partial charge in [-0.2, -0.15) is 0 Å². The van der Waals surface area contributed by atoms with Crippen LogP contribution in [0.5, 0.6) is 0 Å². The maximum Gasteiger partial charge on any atom is 0.274 e. The third kappa shape index (κ3) is 3.09. The van der Waals surface area contributed by atoms with Crippen molar-refractivity contribution in [3.05, 3.63) is 70.3 Å². The number of hydrogen-bond donors (Lipinski definition) is 1. The van der Waals surface area contributed by atoms with E-state index in [0.717, 1.165) is 9.69 Å². The summed E-state index contributed by atoms with van der Waals surface area (Å²) in [6, 6.07) is 14.6. The molecule has 0 radical (unpaired) electrons. The Morgan fingerprint density at radius 3 is 2.55 bits per heavy atom. The Morgan fingerprint density at radius 1 is 1.14 bits per heavy atom. The van der Waals surface area contributed by atoms with Gasteiger partial charge in [0.2, 0.25) is 5.91 Å². The van der Waals surface area contributed by atoms with Crippen LogP contribution >= 0.6 is 0 Å². The monoisotopic (exact) mass is 411 g/mol. The Kier molecular flexibility index (Phi) is 4.46. The van der Waals surface area contributed by atoms with Gasteiger partial charge in [-0.15, -0.1) is 0 Å². The lowest BCUT2D eigenvalue weighted by Gasteiger charge is -2.18. The second-order valence-electron chi connectivity index (χ2n) is 6.65. The number of rotatable bonds is 5. The molecule has 0 atom stereocenters. The fourth-order valence-electron chi connectivity index (χ4n) is 3.57. The number of carbonyl (C=O) groups excluding carboxylic acids is 1. The quantitative estimate of drug-likeness (QED) is 0.511. The molecule has 4 rings (SSSR count). The Labute approximate surface area is 167 Å². The number of anilines is 2. The molecule has 3 aromatic rings. The first-order chi connectivity index (χ1) is 13.8. The van der Waals surface area contributed by atoms with Crippen LogP contribution in [0.25, 0.3) is 10.8 Å². The molecule has 0 aromatic heterocycles. The first kappa shape index (κ1) is 18.9. The van der Waals surface area contributed by atoms with Crippen LogP contribution in [0, 0.1) is 10.1 Å². The van der Waals surface area contributed by atoms with Gasteiger partial charge < -0.3 is 5.32 Å². The van der Waals surface area contributed by atoms with Gasteiger partial charge in [0.05, 0.1) is 15.5 Å². The number of nitro groups is 1. The minimum Gasteiger partial charge on any atom is -0.324 e. The number of nitrogens with one attached hydrogen (secondary N) is 1. The summed E-state index contributed by atoms with van der Waals surface area (Å²) in [5, 5.41) is 15.1. The summed E-state index contributed by atoms with van der Waals surface area (Å²) in [5.41, 5.74) is 1.15. The van der Waals surface area contributed by atoms with Crippen LogP contribution in [0.15, 0.2) is 59.5 Å². The molecule has 1 amide bonds. The Balaban J connectivity index is 1.63. The summed E-state index contributed by atoms with van der Waals surface area (Å²) >= 11 is 0. The topological polar surface area (TPSA) is 110 Å². The van der Waals surface area contributed by atoms with Crippen molar-refractivity contribution in [2.75, 3.05) is 16.2 Å². The van der Waals surface area contributed by atoms with E-state index >= 15 is 0 Å². The van der Waals surface area contributed by atoms with E-state index < -0.39 is 27.4 Å². The van der Waals surface area contributed by atoms with Crippen LogP contribution in [0.2, 0.25) is 0 Å². The van der Waals surface area contributed by atoms with Crippen LogP contribution in [0.4, 0.5) is 17.1 Å². The highest BCUT2D eigenvalue weighted by molar-refractivity contribution is 7.93. The van der Waals surface area contributed by atoms with Crippen LogP contribution in [-0.2, 0) is 21.2 Å². The largest absolute Gasteiger partial charge is 0.324 e. The zero-order chi connectivity index (χ0) is 20.8. The lowest BCUT2D eigenvalue weighted by Crippen LogP contribution is -2.35. The summed E-state index contributed by atoms with van der Waals surface area (Å²) in [6.45, 7) is 1.37. The molecule has 0 spiro atoms. The number of nitro benzene ring substituents is 1. The highest BCUT2D eigenvalue weighted by Gasteiger charge is 2.36. The first-order valence-corrected chi connectivity index (χ1v) is 10.4. The number of amides is 1. The molecule has 9 heteroatoms. The summed E-state index contributed by atoms with van der Waals surface area (Å²) in [7, 11) is -3.85. The molecule has 0 aliphatic carbocycles.